The van der Waals surface area contributed by atoms with Crippen molar-refractivity contribution < 1.29 is 24.5 Å². The van der Waals surface area contributed by atoms with Gasteiger partial charge in [-0.25, -0.2) is 4.39 Å². The van der Waals surface area contributed by atoms with Crippen molar-refractivity contribution >= 4 is 48.2 Å². The Morgan fingerprint density at radius 2 is 1.61 bits per heavy atom. The lowest BCUT2D eigenvalue weighted by Gasteiger charge is -2.15. The number of carboxylic acids is 1. The number of benzene rings is 3. The molecule has 0 radical (unpaired) electrons. The van der Waals surface area contributed by atoms with Crippen LogP contribution >= 0.6 is 25.3 Å². The number of thiol groups is 2. The first-order valence-corrected chi connectivity index (χ1v) is 12.1. The molecule has 0 fully saturated rings. The lowest BCUT2D eigenvalue weighted by atomic mass is 9.93. The Labute approximate surface area is 218 Å². The SMILES string of the molecule is O=C(O)C[C@H](O)C[C@H](O)C=Cc1cnc2cc(-c3ccccc3S)c(F)cc2c1-c1ccccc1S. The molecule has 36 heavy (non-hydrogen) atoms. The number of aromatic nitrogens is 1. The van der Waals surface area contributed by atoms with E-state index in [-0.39, 0.29) is 6.42 Å². The molecule has 3 N–H and O–H groups in total. The monoisotopic (exact) mass is 521 g/mol. The van der Waals surface area contributed by atoms with Gasteiger partial charge in [-0.3, -0.25) is 9.78 Å². The molecule has 4 aromatic rings. The van der Waals surface area contributed by atoms with Crippen LogP contribution in [0.15, 0.2) is 82.7 Å². The zero-order chi connectivity index (χ0) is 25.8. The Kier molecular flexibility index (Phi) is 8.11. The summed E-state index contributed by atoms with van der Waals surface area (Å²) >= 11 is 9.06. The van der Waals surface area contributed by atoms with Gasteiger partial charge in [0.25, 0.3) is 0 Å². The summed E-state index contributed by atoms with van der Waals surface area (Å²) in [6, 6.07) is 17.8. The van der Waals surface area contributed by atoms with Gasteiger partial charge in [-0.05, 0) is 35.4 Å². The number of carboxylic acid groups (broad SMARTS) is 1. The average molecular weight is 522 g/mol. The molecule has 3 aromatic carbocycles. The molecule has 0 aliphatic carbocycles. The van der Waals surface area contributed by atoms with Crippen molar-refractivity contribution in [2.24, 2.45) is 0 Å². The van der Waals surface area contributed by atoms with Crippen LogP contribution < -0.4 is 0 Å². The van der Waals surface area contributed by atoms with Crippen LogP contribution in [-0.4, -0.2) is 38.5 Å². The molecule has 0 bridgehead atoms. The number of rotatable bonds is 8. The second-order valence-corrected chi connectivity index (χ2v) is 9.35. The van der Waals surface area contributed by atoms with Gasteiger partial charge < -0.3 is 15.3 Å². The van der Waals surface area contributed by atoms with Crippen LogP contribution in [0, 0.1) is 5.82 Å². The van der Waals surface area contributed by atoms with E-state index in [2.05, 4.69) is 30.2 Å². The van der Waals surface area contributed by atoms with Crippen LogP contribution in [0.1, 0.15) is 18.4 Å². The minimum atomic E-state index is -1.18. The van der Waals surface area contributed by atoms with E-state index in [0.717, 1.165) is 5.56 Å². The van der Waals surface area contributed by atoms with Gasteiger partial charge in [-0.15, -0.1) is 25.3 Å². The fourth-order valence-electron chi connectivity index (χ4n) is 4.10. The molecule has 0 aliphatic rings. The maximum atomic E-state index is 15.5. The van der Waals surface area contributed by atoms with Crippen LogP contribution in [0.5, 0.6) is 0 Å². The zero-order valence-corrected chi connectivity index (χ0v) is 20.8. The Morgan fingerprint density at radius 1 is 0.972 bits per heavy atom. The number of pyridine rings is 1. The molecule has 0 amide bonds. The van der Waals surface area contributed by atoms with E-state index in [1.54, 1.807) is 30.5 Å². The lowest BCUT2D eigenvalue weighted by Crippen LogP contribution is -2.19. The lowest BCUT2D eigenvalue weighted by molar-refractivity contribution is -0.139. The van der Waals surface area contributed by atoms with Gasteiger partial charge in [0.1, 0.15) is 5.82 Å². The maximum absolute atomic E-state index is 15.5. The molecule has 8 heteroatoms. The highest BCUT2D eigenvalue weighted by atomic mass is 32.1. The number of fused-ring (bicyclic) bond motifs is 1. The van der Waals surface area contributed by atoms with Gasteiger partial charge in [0.2, 0.25) is 0 Å². The number of aliphatic carboxylic acids is 1. The van der Waals surface area contributed by atoms with E-state index in [9.17, 15) is 15.0 Å². The summed E-state index contributed by atoms with van der Waals surface area (Å²) in [5, 5.41) is 29.5. The molecule has 0 saturated heterocycles. The third-order valence-electron chi connectivity index (χ3n) is 5.78. The summed E-state index contributed by atoms with van der Waals surface area (Å²) < 4.78 is 15.5. The smallest absolute Gasteiger partial charge is 0.305 e. The summed E-state index contributed by atoms with van der Waals surface area (Å²) in [6.07, 6.45) is 1.86. The van der Waals surface area contributed by atoms with Crippen molar-refractivity contribution in [2.45, 2.75) is 34.8 Å². The van der Waals surface area contributed by atoms with Crippen LogP contribution in [0.25, 0.3) is 39.2 Å². The van der Waals surface area contributed by atoms with Gasteiger partial charge >= 0.3 is 5.97 Å². The summed E-state index contributed by atoms with van der Waals surface area (Å²) in [4.78, 5) is 16.7. The summed E-state index contributed by atoms with van der Waals surface area (Å²) in [5.74, 6) is -1.58. The molecule has 0 aliphatic heterocycles. The number of aliphatic hydroxyl groups is 2. The molecule has 2 atom stereocenters. The number of nitrogens with zero attached hydrogens (tertiary/aromatic N) is 1. The van der Waals surface area contributed by atoms with Crippen molar-refractivity contribution in [3.8, 4) is 22.3 Å². The van der Waals surface area contributed by atoms with Crippen molar-refractivity contribution in [1.29, 1.82) is 0 Å². The Morgan fingerprint density at radius 3 is 2.25 bits per heavy atom. The normalized spacial score (nSPS) is 13.2. The average Bonchev–Trinajstić information content (AvgIpc) is 2.82. The van der Waals surface area contributed by atoms with Gasteiger partial charge in [0, 0.05) is 44.5 Å². The number of halogens is 1. The molecule has 0 spiro atoms. The summed E-state index contributed by atoms with van der Waals surface area (Å²) in [6.45, 7) is 0. The highest BCUT2D eigenvalue weighted by Crippen LogP contribution is 2.38. The third-order valence-corrected chi connectivity index (χ3v) is 6.56. The van der Waals surface area contributed by atoms with Gasteiger partial charge in [0.15, 0.2) is 0 Å². The van der Waals surface area contributed by atoms with Crippen molar-refractivity contribution in [1.82, 2.24) is 4.98 Å². The van der Waals surface area contributed by atoms with Gasteiger partial charge in [0.05, 0.1) is 24.1 Å². The van der Waals surface area contributed by atoms with Crippen LogP contribution in [0.2, 0.25) is 0 Å². The molecule has 1 heterocycles. The Bertz CT molecular complexity index is 1460. The minimum absolute atomic E-state index is 0.135. The fourth-order valence-corrected chi connectivity index (χ4v) is 4.66. The topological polar surface area (TPSA) is 90.7 Å². The number of hydrogen-bond acceptors (Lipinski definition) is 6. The first-order chi connectivity index (χ1) is 17.2. The molecular weight excluding hydrogens is 497 g/mol. The van der Waals surface area contributed by atoms with Crippen LogP contribution in [0.4, 0.5) is 4.39 Å². The van der Waals surface area contributed by atoms with Crippen LogP contribution in [-0.2, 0) is 4.79 Å². The van der Waals surface area contributed by atoms with Crippen molar-refractivity contribution in [3.05, 3.63) is 84.3 Å². The third kappa shape index (κ3) is 5.79. The summed E-state index contributed by atoms with van der Waals surface area (Å²) in [7, 11) is 0. The molecular formula is C28H24FNO4S2. The van der Waals surface area contributed by atoms with E-state index in [4.69, 9.17) is 5.11 Å². The van der Waals surface area contributed by atoms with Crippen molar-refractivity contribution in [2.75, 3.05) is 0 Å². The van der Waals surface area contributed by atoms with E-state index in [1.165, 1.54) is 12.1 Å². The van der Waals surface area contributed by atoms with E-state index in [0.29, 0.717) is 42.9 Å². The molecule has 0 unspecified atom stereocenters. The minimum Gasteiger partial charge on any atom is -0.481 e. The predicted molar refractivity (Wildman–Crippen MR) is 145 cm³/mol. The molecule has 0 saturated carbocycles. The Hall–Kier alpha value is -3.17. The largest absolute Gasteiger partial charge is 0.481 e. The maximum Gasteiger partial charge on any atom is 0.305 e. The molecule has 1 aromatic heterocycles. The fraction of sp³-hybridized carbons (Fsp3) is 0.143. The predicted octanol–water partition coefficient (Wildman–Crippen LogP) is 5.89. The molecule has 5 nitrogen and oxygen atoms in total. The Balaban J connectivity index is 1.83. The quantitative estimate of drug-likeness (QED) is 0.187. The van der Waals surface area contributed by atoms with E-state index < -0.39 is 30.4 Å². The second-order valence-electron chi connectivity index (χ2n) is 8.39. The van der Waals surface area contributed by atoms with E-state index in [1.807, 2.05) is 36.4 Å². The van der Waals surface area contributed by atoms with E-state index >= 15 is 4.39 Å². The zero-order valence-electron chi connectivity index (χ0n) is 19.0. The van der Waals surface area contributed by atoms with Gasteiger partial charge in [-0.1, -0.05) is 48.6 Å². The second kappa shape index (κ2) is 11.3. The first kappa shape index (κ1) is 25.9. The van der Waals surface area contributed by atoms with Gasteiger partial charge in [-0.2, -0.15) is 0 Å². The molecule has 184 valence electrons. The number of hydrogen-bond donors (Lipinski definition) is 5. The van der Waals surface area contributed by atoms with Crippen molar-refractivity contribution in [3.63, 3.8) is 0 Å². The highest BCUT2D eigenvalue weighted by Gasteiger charge is 2.18. The highest BCUT2D eigenvalue weighted by molar-refractivity contribution is 7.80. The summed E-state index contributed by atoms with van der Waals surface area (Å²) in [5.41, 5.74) is 3.67. The molecule has 4 rings (SSSR count). The standard InChI is InChI=1S/C28H24FNO4S2/c29-23-13-22-24(14-21(23)19-5-1-3-7-25(19)35)30-15-16(28(22)20-6-2-4-8-26(20)36)9-10-17(31)11-18(32)12-27(33)34/h1-10,13-15,17-18,31-32,35-36H,11-12H2,(H,33,34)/t17-,18-/m1/s1. The first-order valence-electron chi connectivity index (χ1n) is 11.2. The van der Waals surface area contributed by atoms with Crippen LogP contribution in [0.3, 0.4) is 0 Å². The number of carbonyl (C=O) groups is 1. The number of aliphatic hydroxyl groups excluding tert-OH is 2.